The number of nitrogens with zero attached hydrogens (tertiary/aromatic N) is 4. The van der Waals surface area contributed by atoms with Crippen LogP contribution in [0.15, 0.2) is 12.5 Å². The minimum Gasteiger partial charge on any atom is -0.351 e. The first-order chi connectivity index (χ1) is 12.5. The quantitative estimate of drug-likeness (QED) is 0.736. The van der Waals surface area contributed by atoms with Crippen molar-refractivity contribution >= 4 is 22.4 Å². The van der Waals surface area contributed by atoms with Gasteiger partial charge in [-0.2, -0.15) is 5.10 Å². The fourth-order valence-electron chi connectivity index (χ4n) is 3.41. The molecule has 0 radical (unpaired) electrons. The molecule has 3 aromatic rings. The molecule has 0 saturated carbocycles. The first kappa shape index (κ1) is 17.0. The van der Waals surface area contributed by atoms with Gasteiger partial charge in [-0.05, 0) is 25.2 Å². The van der Waals surface area contributed by atoms with Crippen molar-refractivity contribution in [3.8, 4) is 22.0 Å². The predicted octanol–water partition coefficient (Wildman–Crippen LogP) is 3.50. The molecule has 0 bridgehead atoms. The van der Waals surface area contributed by atoms with Crippen molar-refractivity contribution in [1.29, 1.82) is 0 Å². The molecule has 1 amide bonds. The Balaban J connectivity index is 1.89. The number of amides is 1. The molecule has 0 fully saturated rings. The molecule has 0 aromatic carbocycles. The second-order valence-electron chi connectivity index (χ2n) is 7.04. The van der Waals surface area contributed by atoms with Crippen molar-refractivity contribution in [3.05, 3.63) is 23.8 Å². The number of fused-ring (bicyclic) bond motifs is 3. The highest BCUT2D eigenvalue weighted by Gasteiger charge is 2.28. The van der Waals surface area contributed by atoms with Crippen molar-refractivity contribution < 1.29 is 4.79 Å². The molecule has 3 heterocycles. The summed E-state index contributed by atoms with van der Waals surface area (Å²) in [6.07, 6.45) is 6.44. The van der Waals surface area contributed by atoms with Crippen LogP contribution >= 0.6 is 11.3 Å². The van der Waals surface area contributed by atoms with Crippen LogP contribution in [0.4, 0.5) is 5.13 Å². The van der Waals surface area contributed by atoms with Crippen LogP contribution in [-0.4, -0.2) is 30.6 Å². The number of hydrogen-bond acceptors (Lipinski definition) is 5. The maximum absolute atomic E-state index is 11.4. The van der Waals surface area contributed by atoms with Gasteiger partial charge < -0.3 is 10.3 Å². The Morgan fingerprint density at radius 3 is 2.96 bits per heavy atom. The number of rotatable bonds is 4. The van der Waals surface area contributed by atoms with Gasteiger partial charge in [-0.15, -0.1) is 0 Å². The van der Waals surface area contributed by atoms with Crippen molar-refractivity contribution in [3.63, 3.8) is 0 Å². The molecule has 0 saturated heterocycles. The minimum atomic E-state index is -0.0953. The van der Waals surface area contributed by atoms with E-state index < -0.39 is 0 Å². The number of hydrogen-bond donors (Lipinski definition) is 2. The van der Waals surface area contributed by atoms with Crippen molar-refractivity contribution in [2.24, 2.45) is 5.92 Å². The molecule has 26 heavy (non-hydrogen) atoms. The molecule has 3 aromatic heterocycles. The van der Waals surface area contributed by atoms with E-state index in [0.717, 1.165) is 53.5 Å². The smallest absolute Gasteiger partial charge is 0.223 e. The zero-order valence-corrected chi connectivity index (χ0v) is 16.0. The summed E-state index contributed by atoms with van der Waals surface area (Å²) in [6, 6.07) is 0. The van der Waals surface area contributed by atoms with E-state index in [1.807, 2.05) is 6.20 Å². The van der Waals surface area contributed by atoms with Gasteiger partial charge in [0.2, 0.25) is 5.91 Å². The first-order valence-corrected chi connectivity index (χ1v) is 9.71. The summed E-state index contributed by atoms with van der Waals surface area (Å²) in [7, 11) is 0. The lowest BCUT2D eigenvalue weighted by atomic mass is 10.1. The number of H-pyrrole nitrogens is 1. The normalized spacial score (nSPS) is 13.4. The number of aromatic amines is 1. The number of nitrogens with one attached hydrogen (secondary N) is 2. The van der Waals surface area contributed by atoms with Crippen molar-refractivity contribution in [2.45, 2.75) is 46.6 Å². The van der Waals surface area contributed by atoms with Gasteiger partial charge in [-0.3, -0.25) is 9.48 Å². The Morgan fingerprint density at radius 1 is 1.42 bits per heavy atom. The van der Waals surface area contributed by atoms with Gasteiger partial charge in [0.1, 0.15) is 11.4 Å². The third-order valence-corrected chi connectivity index (χ3v) is 5.38. The summed E-state index contributed by atoms with van der Waals surface area (Å²) < 4.78 is 2.10. The Hall–Kier alpha value is -2.48. The van der Waals surface area contributed by atoms with Crippen LogP contribution in [0.1, 0.15) is 38.4 Å². The molecule has 1 aliphatic rings. The molecule has 4 rings (SSSR count). The molecule has 1 aliphatic carbocycles. The van der Waals surface area contributed by atoms with E-state index >= 15 is 0 Å². The Morgan fingerprint density at radius 2 is 2.27 bits per heavy atom. The topological polar surface area (TPSA) is 88.5 Å². The van der Waals surface area contributed by atoms with E-state index in [-0.39, 0.29) is 5.91 Å². The van der Waals surface area contributed by atoms with Crippen LogP contribution < -0.4 is 5.32 Å². The maximum Gasteiger partial charge on any atom is 0.223 e. The average Bonchev–Trinajstić information content (AvgIpc) is 3.24. The summed E-state index contributed by atoms with van der Waals surface area (Å²) in [5.41, 5.74) is 5.24. The first-order valence-electron chi connectivity index (χ1n) is 8.89. The number of thiazole rings is 1. The predicted molar refractivity (Wildman–Crippen MR) is 102 cm³/mol. The van der Waals surface area contributed by atoms with Gasteiger partial charge in [0, 0.05) is 25.2 Å². The van der Waals surface area contributed by atoms with Gasteiger partial charge in [-0.25, -0.2) is 9.97 Å². The Bertz CT molecular complexity index is 937. The highest BCUT2D eigenvalue weighted by atomic mass is 32.1. The lowest BCUT2D eigenvalue weighted by Gasteiger charge is -2.09. The maximum atomic E-state index is 11.4. The third kappa shape index (κ3) is 3.05. The molecule has 8 heteroatoms. The van der Waals surface area contributed by atoms with Gasteiger partial charge in [0.15, 0.2) is 5.13 Å². The molecule has 0 atom stereocenters. The zero-order chi connectivity index (χ0) is 18.3. The lowest BCUT2D eigenvalue weighted by molar-refractivity contribution is -0.114. The van der Waals surface area contributed by atoms with Crippen LogP contribution in [0.5, 0.6) is 0 Å². The number of carbonyl (C=O) groups is 1. The minimum absolute atomic E-state index is 0.0953. The SMILES string of the molecule is CC(=O)Nc1nc2c(s1)-c1c(c(-c3c[nH]cn3)nn1CC(C)C)CCC2. The second-order valence-corrected chi connectivity index (χ2v) is 8.03. The van der Waals surface area contributed by atoms with Crippen molar-refractivity contribution in [1.82, 2.24) is 24.7 Å². The molecule has 7 nitrogen and oxygen atoms in total. The van der Waals surface area contributed by atoms with Crippen LogP contribution in [-0.2, 0) is 24.2 Å². The Kier molecular flexibility index (Phi) is 4.36. The van der Waals surface area contributed by atoms with Crippen LogP contribution in [0, 0.1) is 5.92 Å². The second kappa shape index (κ2) is 6.68. The summed E-state index contributed by atoms with van der Waals surface area (Å²) in [5.74, 6) is 0.377. The molecule has 136 valence electrons. The monoisotopic (exact) mass is 370 g/mol. The van der Waals surface area contributed by atoms with E-state index in [1.54, 1.807) is 6.33 Å². The third-order valence-electron chi connectivity index (χ3n) is 4.37. The lowest BCUT2D eigenvalue weighted by Crippen LogP contribution is -2.08. The van der Waals surface area contributed by atoms with Gasteiger partial charge in [-0.1, -0.05) is 25.2 Å². The number of anilines is 1. The van der Waals surface area contributed by atoms with E-state index in [9.17, 15) is 4.79 Å². The largest absolute Gasteiger partial charge is 0.351 e. The van der Waals surface area contributed by atoms with Crippen LogP contribution in [0.2, 0.25) is 0 Å². The molecule has 2 N–H and O–H groups in total. The summed E-state index contributed by atoms with van der Waals surface area (Å²) >= 11 is 1.54. The van der Waals surface area contributed by atoms with Crippen molar-refractivity contribution in [2.75, 3.05) is 5.32 Å². The van der Waals surface area contributed by atoms with Crippen LogP contribution in [0.25, 0.3) is 22.0 Å². The molecular weight excluding hydrogens is 348 g/mol. The fourth-order valence-corrected chi connectivity index (χ4v) is 4.54. The molecular formula is C18H22N6OS. The summed E-state index contributed by atoms with van der Waals surface area (Å²) in [4.78, 5) is 24.7. The number of aryl methyl sites for hydroxylation is 1. The van der Waals surface area contributed by atoms with Gasteiger partial charge in [0.25, 0.3) is 0 Å². The highest BCUT2D eigenvalue weighted by Crippen LogP contribution is 2.42. The number of aromatic nitrogens is 5. The fraction of sp³-hybridized carbons (Fsp3) is 0.444. The van der Waals surface area contributed by atoms with Gasteiger partial charge >= 0.3 is 0 Å². The van der Waals surface area contributed by atoms with E-state index in [2.05, 4.69) is 38.8 Å². The molecule has 0 aliphatic heterocycles. The number of carbonyl (C=O) groups excluding carboxylic acids is 1. The Labute approximate surface area is 155 Å². The zero-order valence-electron chi connectivity index (χ0n) is 15.2. The molecule has 0 spiro atoms. The van der Waals surface area contributed by atoms with E-state index in [4.69, 9.17) is 5.10 Å². The highest BCUT2D eigenvalue weighted by molar-refractivity contribution is 7.19. The van der Waals surface area contributed by atoms with Crippen LogP contribution in [0.3, 0.4) is 0 Å². The molecule has 0 unspecified atom stereocenters. The summed E-state index contributed by atoms with van der Waals surface area (Å²) in [6.45, 7) is 6.72. The summed E-state index contributed by atoms with van der Waals surface area (Å²) in [5, 5.41) is 8.40. The average molecular weight is 370 g/mol. The van der Waals surface area contributed by atoms with E-state index in [0.29, 0.717) is 11.0 Å². The standard InChI is InChI=1S/C18H22N6OS/c1-10(2)8-24-16-12(15(23-24)14-7-19-9-20-14)5-4-6-13-17(16)26-18(22-13)21-11(3)25/h7,9-10H,4-6,8H2,1-3H3,(H,19,20)(H,21,22,25). The number of imidazole rings is 1. The van der Waals surface area contributed by atoms with Gasteiger partial charge in [0.05, 0.1) is 22.6 Å². The van der Waals surface area contributed by atoms with E-state index in [1.165, 1.54) is 23.8 Å².